The lowest BCUT2D eigenvalue weighted by atomic mass is 10.00. The molecule has 1 N–H and O–H groups in total. The predicted octanol–water partition coefficient (Wildman–Crippen LogP) is 3.75. The van der Waals surface area contributed by atoms with Crippen LogP contribution in [0.3, 0.4) is 0 Å². The molecule has 0 unspecified atom stereocenters. The van der Waals surface area contributed by atoms with Crippen LogP contribution in [-0.4, -0.2) is 11.8 Å². The lowest BCUT2D eigenvalue weighted by molar-refractivity contribution is 0.442. The van der Waals surface area contributed by atoms with Crippen molar-refractivity contribution in [3.8, 4) is 0 Å². The first-order chi connectivity index (χ1) is 8.56. The van der Waals surface area contributed by atoms with E-state index in [1.54, 1.807) is 0 Å². The van der Waals surface area contributed by atoms with Gasteiger partial charge in [0.25, 0.3) is 0 Å². The molecule has 0 spiro atoms. The highest BCUT2D eigenvalue weighted by atomic mass is 15.3. The molecule has 0 saturated carbocycles. The van der Waals surface area contributed by atoms with E-state index < -0.39 is 0 Å². The number of rotatable bonds is 3. The summed E-state index contributed by atoms with van der Waals surface area (Å²) in [7, 11) is 0. The first-order valence-electron chi connectivity index (χ1n) is 6.31. The van der Waals surface area contributed by atoms with Crippen LogP contribution in [0.5, 0.6) is 0 Å². The molecule has 2 nitrogen and oxygen atoms in total. The van der Waals surface area contributed by atoms with E-state index in [0.29, 0.717) is 0 Å². The molecule has 0 aliphatic heterocycles. The molecule has 0 atom stereocenters. The first kappa shape index (κ1) is 12.6. The summed E-state index contributed by atoms with van der Waals surface area (Å²) in [5.41, 5.74) is 6.90. The van der Waals surface area contributed by atoms with Crippen LogP contribution in [0.15, 0.2) is 47.6 Å². The molecule has 0 bridgehead atoms. The van der Waals surface area contributed by atoms with Crippen LogP contribution >= 0.6 is 0 Å². The highest BCUT2D eigenvalue weighted by molar-refractivity contribution is 5.89. The van der Waals surface area contributed by atoms with Gasteiger partial charge in [-0.3, -0.25) is 0 Å². The van der Waals surface area contributed by atoms with Gasteiger partial charge in [-0.15, -0.1) is 0 Å². The minimum Gasteiger partial charge on any atom is -0.305 e. The van der Waals surface area contributed by atoms with Crippen molar-refractivity contribution in [2.24, 2.45) is 5.10 Å². The third-order valence-corrected chi connectivity index (χ3v) is 2.68. The van der Waals surface area contributed by atoms with E-state index in [1.165, 1.54) is 11.1 Å². The third kappa shape index (κ3) is 3.33. The smallest absolute Gasteiger partial charge is 0.0546 e. The summed E-state index contributed by atoms with van der Waals surface area (Å²) in [6, 6.07) is 8.37. The first-order valence-corrected chi connectivity index (χ1v) is 6.31. The SMILES string of the molecule is CC(C)(C)NN=Cc1ccccc1C1=CC=CC1. The molecule has 18 heavy (non-hydrogen) atoms. The number of hydrogen-bond donors (Lipinski definition) is 1. The van der Waals surface area contributed by atoms with E-state index in [4.69, 9.17) is 0 Å². The van der Waals surface area contributed by atoms with Crippen molar-refractivity contribution in [3.63, 3.8) is 0 Å². The van der Waals surface area contributed by atoms with Crippen molar-refractivity contribution < 1.29 is 0 Å². The highest BCUT2D eigenvalue weighted by Crippen LogP contribution is 2.25. The molecule has 2 rings (SSSR count). The predicted molar refractivity (Wildman–Crippen MR) is 78.7 cm³/mol. The van der Waals surface area contributed by atoms with Crippen LogP contribution in [0.2, 0.25) is 0 Å². The zero-order chi connectivity index (χ0) is 13.0. The summed E-state index contributed by atoms with van der Waals surface area (Å²) in [5, 5.41) is 4.32. The second-order valence-corrected chi connectivity index (χ2v) is 5.53. The zero-order valence-electron chi connectivity index (χ0n) is 11.3. The maximum atomic E-state index is 4.32. The van der Waals surface area contributed by atoms with Crippen LogP contribution in [-0.2, 0) is 0 Å². The van der Waals surface area contributed by atoms with Crippen molar-refractivity contribution >= 4 is 11.8 Å². The van der Waals surface area contributed by atoms with Gasteiger partial charge in [0.05, 0.1) is 6.21 Å². The average molecular weight is 240 g/mol. The monoisotopic (exact) mass is 240 g/mol. The number of nitrogens with one attached hydrogen (secondary N) is 1. The summed E-state index contributed by atoms with van der Waals surface area (Å²) >= 11 is 0. The molecular formula is C16H20N2. The standard InChI is InChI=1S/C16H20N2/c1-16(2,3)18-17-12-14-10-6-7-11-15(14)13-8-4-5-9-13/h4-8,10-12,18H,9H2,1-3H3. The highest BCUT2D eigenvalue weighted by Gasteiger charge is 2.08. The molecule has 0 amide bonds. The largest absolute Gasteiger partial charge is 0.305 e. The van der Waals surface area contributed by atoms with E-state index in [1.807, 2.05) is 12.3 Å². The van der Waals surface area contributed by atoms with E-state index in [-0.39, 0.29) is 5.54 Å². The maximum Gasteiger partial charge on any atom is 0.0546 e. The Morgan fingerprint density at radius 2 is 2.00 bits per heavy atom. The van der Waals surface area contributed by atoms with Gasteiger partial charge < -0.3 is 5.43 Å². The average Bonchev–Trinajstić information content (AvgIpc) is 2.81. The van der Waals surface area contributed by atoms with Crippen LogP contribution in [0, 0.1) is 0 Å². The molecule has 0 heterocycles. The summed E-state index contributed by atoms with van der Waals surface area (Å²) in [4.78, 5) is 0. The Kier molecular flexibility index (Phi) is 3.66. The lowest BCUT2D eigenvalue weighted by Gasteiger charge is -2.17. The van der Waals surface area contributed by atoms with E-state index in [0.717, 1.165) is 12.0 Å². The van der Waals surface area contributed by atoms with Crippen molar-refractivity contribution in [2.45, 2.75) is 32.7 Å². The van der Waals surface area contributed by atoms with Crippen molar-refractivity contribution in [2.75, 3.05) is 0 Å². The Bertz CT molecular complexity index is 502. The fraction of sp³-hybridized carbons (Fsp3) is 0.312. The van der Waals surface area contributed by atoms with Gasteiger partial charge in [0, 0.05) is 11.1 Å². The Hall–Kier alpha value is -1.83. The molecule has 1 aromatic rings. The summed E-state index contributed by atoms with van der Waals surface area (Å²) < 4.78 is 0. The molecule has 0 fully saturated rings. The molecule has 94 valence electrons. The van der Waals surface area contributed by atoms with E-state index in [9.17, 15) is 0 Å². The topological polar surface area (TPSA) is 24.4 Å². The Morgan fingerprint density at radius 3 is 2.67 bits per heavy atom. The van der Waals surface area contributed by atoms with Gasteiger partial charge in [-0.1, -0.05) is 42.5 Å². The molecule has 2 heteroatoms. The normalized spacial score (nSPS) is 15.2. The Balaban J connectivity index is 2.18. The summed E-state index contributed by atoms with van der Waals surface area (Å²) in [6.45, 7) is 6.29. The van der Waals surface area contributed by atoms with Crippen LogP contribution in [0.25, 0.3) is 5.57 Å². The summed E-state index contributed by atoms with van der Waals surface area (Å²) in [5.74, 6) is 0. The van der Waals surface area contributed by atoms with Gasteiger partial charge in [0.15, 0.2) is 0 Å². The zero-order valence-corrected chi connectivity index (χ0v) is 11.3. The molecule has 0 radical (unpaired) electrons. The number of benzene rings is 1. The van der Waals surface area contributed by atoms with Crippen molar-refractivity contribution in [1.29, 1.82) is 0 Å². The van der Waals surface area contributed by atoms with Gasteiger partial charge in [0.1, 0.15) is 0 Å². The van der Waals surface area contributed by atoms with Crippen LogP contribution in [0.1, 0.15) is 38.3 Å². The molecule has 0 aromatic heterocycles. The number of hydrogen-bond acceptors (Lipinski definition) is 2. The fourth-order valence-electron chi connectivity index (χ4n) is 1.84. The second-order valence-electron chi connectivity index (χ2n) is 5.53. The minimum absolute atomic E-state index is 0.000371. The van der Waals surface area contributed by atoms with E-state index in [2.05, 4.69) is 67.7 Å². The fourth-order valence-corrected chi connectivity index (χ4v) is 1.84. The third-order valence-electron chi connectivity index (χ3n) is 2.68. The number of allylic oxidation sites excluding steroid dienone is 4. The van der Waals surface area contributed by atoms with Crippen LogP contribution in [0.4, 0.5) is 0 Å². The maximum absolute atomic E-state index is 4.32. The van der Waals surface area contributed by atoms with Gasteiger partial charge in [0.2, 0.25) is 0 Å². The van der Waals surface area contributed by atoms with E-state index >= 15 is 0 Å². The summed E-state index contributed by atoms with van der Waals surface area (Å²) in [6.07, 6.45) is 9.37. The Morgan fingerprint density at radius 1 is 1.22 bits per heavy atom. The molecular weight excluding hydrogens is 220 g/mol. The number of nitrogens with zero attached hydrogens (tertiary/aromatic N) is 1. The molecule has 1 aromatic carbocycles. The van der Waals surface area contributed by atoms with Gasteiger partial charge in [-0.05, 0) is 38.3 Å². The molecule has 0 saturated heterocycles. The Labute approximate surface area is 109 Å². The molecule has 1 aliphatic rings. The van der Waals surface area contributed by atoms with Crippen molar-refractivity contribution in [3.05, 3.63) is 53.6 Å². The molecule has 1 aliphatic carbocycles. The minimum atomic E-state index is -0.000371. The van der Waals surface area contributed by atoms with Gasteiger partial charge in [-0.25, -0.2) is 0 Å². The number of hydrazone groups is 1. The second kappa shape index (κ2) is 5.21. The quantitative estimate of drug-likeness (QED) is 0.631. The van der Waals surface area contributed by atoms with Gasteiger partial charge >= 0.3 is 0 Å². The van der Waals surface area contributed by atoms with Crippen LogP contribution < -0.4 is 5.43 Å². The van der Waals surface area contributed by atoms with Crippen molar-refractivity contribution in [1.82, 2.24) is 5.43 Å². The lowest BCUT2D eigenvalue weighted by Crippen LogP contribution is -2.31. The van der Waals surface area contributed by atoms with Gasteiger partial charge in [-0.2, -0.15) is 5.10 Å².